The van der Waals surface area contributed by atoms with E-state index in [1.807, 2.05) is 0 Å². The van der Waals surface area contributed by atoms with E-state index in [1.165, 1.54) is 20.8 Å². The molecule has 0 saturated carbocycles. The van der Waals surface area contributed by atoms with Crippen molar-refractivity contribution in [2.24, 2.45) is 0 Å². The van der Waals surface area contributed by atoms with E-state index in [9.17, 15) is 14.4 Å². The summed E-state index contributed by atoms with van der Waals surface area (Å²) in [5.41, 5.74) is 1.18. The molecule has 0 radical (unpaired) electrons. The lowest BCUT2D eigenvalue weighted by Gasteiger charge is -2.17. The summed E-state index contributed by atoms with van der Waals surface area (Å²) < 4.78 is 15.1. The number of benzene rings is 1. The maximum Gasteiger partial charge on any atom is 0.308 e. The van der Waals surface area contributed by atoms with Crippen molar-refractivity contribution >= 4 is 17.9 Å². The molecule has 0 atom stereocenters. The lowest BCUT2D eigenvalue weighted by atomic mass is 10.1. The van der Waals surface area contributed by atoms with Crippen LogP contribution < -0.4 is 14.2 Å². The van der Waals surface area contributed by atoms with Gasteiger partial charge >= 0.3 is 17.9 Å². The first-order valence-electron chi connectivity index (χ1n) is 5.91. The first kappa shape index (κ1) is 15.7. The molecule has 6 nitrogen and oxygen atoms in total. The summed E-state index contributed by atoms with van der Waals surface area (Å²) in [4.78, 5) is 33.5. The monoisotopic (exact) mass is 280 g/mol. The molecule has 1 aromatic carbocycles. The molecule has 1 aromatic rings. The smallest absolute Gasteiger partial charge is 0.308 e. The van der Waals surface area contributed by atoms with Gasteiger partial charge in [0, 0.05) is 20.8 Å². The number of rotatable bonds is 3. The molecule has 1 rings (SSSR count). The molecular weight excluding hydrogens is 264 g/mol. The zero-order valence-electron chi connectivity index (χ0n) is 12.0. The Labute approximate surface area is 116 Å². The summed E-state index contributed by atoms with van der Waals surface area (Å²) in [6.07, 6.45) is 0. The number of carbonyl (C=O) groups excluding carboxylic acids is 3. The van der Waals surface area contributed by atoms with E-state index in [4.69, 9.17) is 14.2 Å². The highest BCUT2D eigenvalue weighted by Gasteiger charge is 2.22. The number of hydrogen-bond acceptors (Lipinski definition) is 6. The van der Waals surface area contributed by atoms with Crippen LogP contribution >= 0.6 is 0 Å². The molecule has 0 aliphatic rings. The lowest BCUT2D eigenvalue weighted by molar-refractivity contribution is -0.135. The van der Waals surface area contributed by atoms with Gasteiger partial charge in [0.2, 0.25) is 5.75 Å². The fourth-order valence-electron chi connectivity index (χ4n) is 1.69. The number of hydrogen-bond donors (Lipinski definition) is 0. The highest BCUT2D eigenvalue weighted by molar-refractivity contribution is 5.79. The van der Waals surface area contributed by atoms with Crippen LogP contribution in [0.15, 0.2) is 6.07 Å². The third-order valence-corrected chi connectivity index (χ3v) is 2.30. The average Bonchev–Trinajstić information content (AvgIpc) is 2.27. The molecule has 108 valence electrons. The topological polar surface area (TPSA) is 78.9 Å². The van der Waals surface area contributed by atoms with Gasteiger partial charge in [-0.2, -0.15) is 0 Å². The predicted octanol–water partition coefficient (Wildman–Crippen LogP) is 2.08. The molecule has 0 N–H and O–H groups in total. The van der Waals surface area contributed by atoms with E-state index in [0.717, 1.165) is 0 Å². The first-order chi connectivity index (χ1) is 9.22. The third-order valence-electron chi connectivity index (χ3n) is 2.30. The molecule has 0 aliphatic heterocycles. The van der Waals surface area contributed by atoms with Gasteiger partial charge in [0.1, 0.15) is 0 Å². The van der Waals surface area contributed by atoms with E-state index in [2.05, 4.69) is 0 Å². The van der Waals surface area contributed by atoms with Gasteiger partial charge in [-0.1, -0.05) is 0 Å². The minimum atomic E-state index is -0.614. The average molecular weight is 280 g/mol. The number of aryl methyl sites for hydroxylation is 2. The number of ether oxygens (including phenoxy) is 3. The minimum Gasteiger partial charge on any atom is -0.422 e. The molecule has 20 heavy (non-hydrogen) atoms. The maximum absolute atomic E-state index is 11.2. The summed E-state index contributed by atoms with van der Waals surface area (Å²) in [6.45, 7) is 7.03. The van der Waals surface area contributed by atoms with Crippen LogP contribution in [0.1, 0.15) is 31.9 Å². The fraction of sp³-hybridized carbons (Fsp3) is 0.357. The highest BCUT2D eigenvalue weighted by Crippen LogP contribution is 2.43. The van der Waals surface area contributed by atoms with Crippen LogP contribution in [0.3, 0.4) is 0 Å². The zero-order chi connectivity index (χ0) is 15.4. The van der Waals surface area contributed by atoms with Crippen molar-refractivity contribution in [3.8, 4) is 17.2 Å². The van der Waals surface area contributed by atoms with Gasteiger partial charge in [0.05, 0.1) is 0 Å². The second-order valence-corrected chi connectivity index (χ2v) is 4.28. The van der Waals surface area contributed by atoms with Gasteiger partial charge in [-0.05, 0) is 31.0 Å². The van der Waals surface area contributed by atoms with Crippen molar-refractivity contribution < 1.29 is 28.6 Å². The quantitative estimate of drug-likeness (QED) is 0.623. The zero-order valence-corrected chi connectivity index (χ0v) is 12.0. The van der Waals surface area contributed by atoms with Crippen LogP contribution in [0.4, 0.5) is 0 Å². The summed E-state index contributed by atoms with van der Waals surface area (Å²) in [6, 6.07) is 1.67. The van der Waals surface area contributed by atoms with Gasteiger partial charge in [-0.15, -0.1) is 0 Å². The van der Waals surface area contributed by atoms with Crippen LogP contribution in [-0.4, -0.2) is 17.9 Å². The predicted molar refractivity (Wildman–Crippen MR) is 69.8 cm³/mol. The van der Waals surface area contributed by atoms with E-state index >= 15 is 0 Å². The Kier molecular flexibility index (Phi) is 4.85. The minimum absolute atomic E-state index is 0.0644. The SMILES string of the molecule is CC(=O)Oc1c(C)cc(C)c(OC(C)=O)c1OC(C)=O. The molecule has 0 heterocycles. The molecule has 0 saturated heterocycles. The van der Waals surface area contributed by atoms with Crippen LogP contribution in [0.5, 0.6) is 17.2 Å². The molecule has 0 fully saturated rings. The standard InChI is InChI=1S/C14H16O6/c1-7-6-8(2)13(19-10(4)16)14(20-11(5)17)12(7)18-9(3)15/h6H,1-5H3. The van der Waals surface area contributed by atoms with Crippen molar-refractivity contribution in [2.75, 3.05) is 0 Å². The van der Waals surface area contributed by atoms with Gasteiger partial charge in [0.25, 0.3) is 0 Å². The summed E-state index contributed by atoms with van der Waals surface area (Å²) in [5.74, 6) is -1.69. The van der Waals surface area contributed by atoms with Crippen LogP contribution in [-0.2, 0) is 14.4 Å². The van der Waals surface area contributed by atoms with E-state index < -0.39 is 17.9 Å². The fourth-order valence-corrected chi connectivity index (χ4v) is 1.69. The van der Waals surface area contributed by atoms with E-state index in [-0.39, 0.29) is 17.2 Å². The largest absolute Gasteiger partial charge is 0.422 e. The van der Waals surface area contributed by atoms with Gasteiger partial charge in [0.15, 0.2) is 11.5 Å². The van der Waals surface area contributed by atoms with Gasteiger partial charge < -0.3 is 14.2 Å². The van der Waals surface area contributed by atoms with Gasteiger partial charge in [-0.3, -0.25) is 14.4 Å². The Morgan fingerprint density at radius 1 is 0.700 bits per heavy atom. The van der Waals surface area contributed by atoms with Crippen molar-refractivity contribution in [1.82, 2.24) is 0 Å². The first-order valence-corrected chi connectivity index (χ1v) is 5.91. The molecule has 0 aliphatic carbocycles. The Morgan fingerprint density at radius 2 is 1.00 bits per heavy atom. The summed E-state index contributed by atoms with van der Waals surface area (Å²) >= 11 is 0. The van der Waals surface area contributed by atoms with Crippen molar-refractivity contribution in [2.45, 2.75) is 34.6 Å². The Hall–Kier alpha value is -2.37. The van der Waals surface area contributed by atoms with E-state index in [0.29, 0.717) is 11.1 Å². The number of carbonyl (C=O) groups is 3. The van der Waals surface area contributed by atoms with Crippen LogP contribution in [0.2, 0.25) is 0 Å². The molecule has 0 spiro atoms. The molecular formula is C14H16O6. The third kappa shape index (κ3) is 3.81. The number of esters is 3. The molecule has 6 heteroatoms. The molecule has 0 amide bonds. The lowest BCUT2D eigenvalue weighted by Crippen LogP contribution is -2.12. The summed E-state index contributed by atoms with van der Waals surface area (Å²) in [7, 11) is 0. The van der Waals surface area contributed by atoms with E-state index in [1.54, 1.807) is 19.9 Å². The molecule has 0 aromatic heterocycles. The maximum atomic E-state index is 11.2. The van der Waals surface area contributed by atoms with Crippen molar-refractivity contribution in [1.29, 1.82) is 0 Å². The van der Waals surface area contributed by atoms with Crippen molar-refractivity contribution in [3.05, 3.63) is 17.2 Å². The second kappa shape index (κ2) is 6.18. The summed E-state index contributed by atoms with van der Waals surface area (Å²) in [5, 5.41) is 0. The van der Waals surface area contributed by atoms with Gasteiger partial charge in [-0.25, -0.2) is 0 Å². The normalized spacial score (nSPS) is 9.85. The van der Waals surface area contributed by atoms with Crippen LogP contribution in [0.25, 0.3) is 0 Å². The van der Waals surface area contributed by atoms with Crippen molar-refractivity contribution in [3.63, 3.8) is 0 Å². The Balaban J connectivity index is 3.50. The Morgan fingerprint density at radius 3 is 1.30 bits per heavy atom. The molecule has 0 bridgehead atoms. The Bertz CT molecular complexity index is 533. The molecule has 0 unspecified atom stereocenters. The second-order valence-electron chi connectivity index (χ2n) is 4.28. The highest BCUT2D eigenvalue weighted by atomic mass is 16.6. The van der Waals surface area contributed by atoms with Crippen LogP contribution in [0, 0.1) is 13.8 Å².